The van der Waals surface area contributed by atoms with Crippen LogP contribution < -0.4 is 0 Å². The fourth-order valence-corrected chi connectivity index (χ4v) is 0. The summed E-state index contributed by atoms with van der Waals surface area (Å²) >= 11 is 2.18. The first kappa shape index (κ1) is 6.79. The van der Waals surface area contributed by atoms with Gasteiger partial charge in [0.25, 0.3) is 0 Å². The summed E-state index contributed by atoms with van der Waals surface area (Å²) in [6, 6.07) is 0. The molecule has 0 amide bonds. The van der Waals surface area contributed by atoms with Crippen molar-refractivity contribution in [2.75, 3.05) is 16.3 Å². The van der Waals surface area contributed by atoms with Crippen molar-refractivity contribution in [3.8, 4) is 0 Å². The van der Waals surface area contributed by atoms with Crippen molar-refractivity contribution >= 4 is 32.2 Å². The molecule has 0 rings (SSSR count). The Morgan fingerprint density at radius 1 is 1.67 bits per heavy atom. The van der Waals surface area contributed by atoms with Crippen LogP contribution >= 0.6 is 32.2 Å². The minimum absolute atomic E-state index is 0.880. The van der Waals surface area contributed by atoms with Crippen LogP contribution in [0.2, 0.25) is 0 Å². The van der Waals surface area contributed by atoms with E-state index in [2.05, 4.69) is 22.6 Å². The van der Waals surface area contributed by atoms with E-state index < -0.39 is 9.66 Å². The summed E-state index contributed by atoms with van der Waals surface area (Å²) in [5.41, 5.74) is 0. The normalized spacial score (nSPS) is 11.7. The van der Waals surface area contributed by atoms with Crippen molar-refractivity contribution in [3.63, 3.8) is 0 Å². The minimum atomic E-state index is -1.18. The summed E-state index contributed by atoms with van der Waals surface area (Å²) in [5, 5.41) is 0. The Labute approximate surface area is 53.2 Å². The van der Waals surface area contributed by atoms with E-state index in [0.717, 1.165) is 3.76 Å². The second kappa shape index (κ2) is 2.19. The molecule has 0 aromatic rings. The molecule has 0 saturated heterocycles. The monoisotopic (exact) mass is 217 g/mol. The van der Waals surface area contributed by atoms with Gasteiger partial charge in [-0.2, -0.15) is 0 Å². The maximum absolute atomic E-state index is 8.90. The number of rotatable bonds is 0. The van der Waals surface area contributed by atoms with Gasteiger partial charge in [-0.05, 0) is 12.5 Å². The van der Waals surface area contributed by atoms with Crippen LogP contribution in [0.25, 0.3) is 0 Å². The highest BCUT2D eigenvalue weighted by molar-refractivity contribution is 14.1. The molecule has 0 bridgehead atoms. The zero-order valence-electron chi connectivity index (χ0n) is 3.94. The Morgan fingerprint density at radius 2 is 1.83 bits per heavy atom. The van der Waals surface area contributed by atoms with Crippen LogP contribution in [0, 0.1) is 4.61 Å². The molecule has 0 aromatic carbocycles. The Bertz CT molecular complexity index is 112. The van der Waals surface area contributed by atoms with Gasteiger partial charge in [0, 0.05) is 0 Å². The average Bonchev–Trinajstić information content (AvgIpc) is 1.35. The number of halogens is 1. The molecule has 0 radical (unpaired) electrons. The highest BCUT2D eigenvalue weighted by Crippen LogP contribution is 2.22. The molecule has 6 heavy (non-hydrogen) atoms. The Morgan fingerprint density at radius 3 is 1.83 bits per heavy atom. The number of alkyl halides is 1. The highest BCUT2D eigenvalue weighted by Gasteiger charge is 1.90. The van der Waals surface area contributed by atoms with Crippen LogP contribution in [-0.2, 0) is 0 Å². The third-order valence-corrected chi connectivity index (χ3v) is 5.37. The third kappa shape index (κ3) is 4.79. The van der Waals surface area contributed by atoms with Crippen LogP contribution in [0.3, 0.4) is 0 Å². The molecule has 0 fully saturated rings. The Balaban J connectivity index is 3.60. The van der Waals surface area contributed by atoms with E-state index in [1.807, 2.05) is 12.5 Å². The van der Waals surface area contributed by atoms with E-state index in [9.17, 15) is 0 Å². The van der Waals surface area contributed by atoms with E-state index in [0.29, 0.717) is 0 Å². The van der Waals surface area contributed by atoms with Crippen molar-refractivity contribution in [3.05, 3.63) is 0 Å². The second-order valence-corrected chi connectivity index (χ2v) is 6.64. The zero-order chi connectivity index (χ0) is 5.21. The lowest BCUT2D eigenvalue weighted by atomic mass is 11.9. The molecular weight excluding hydrogens is 209 g/mol. The SMILES string of the molecule is CS(C)(#N)CI. The molecule has 0 unspecified atom stereocenters. The van der Waals surface area contributed by atoms with Gasteiger partial charge in [-0.15, -0.1) is 0 Å². The summed E-state index contributed by atoms with van der Waals surface area (Å²) in [6.45, 7) is 0. The first-order chi connectivity index (χ1) is 2.56. The third-order valence-electron chi connectivity index (χ3n) is 0.267. The Kier molecular flexibility index (Phi) is 2.48. The van der Waals surface area contributed by atoms with Gasteiger partial charge in [-0.25, -0.2) is 4.61 Å². The van der Waals surface area contributed by atoms with Gasteiger partial charge in [0.1, 0.15) is 0 Å². The maximum atomic E-state index is 8.90. The van der Waals surface area contributed by atoms with Crippen LogP contribution in [0.4, 0.5) is 0 Å². The summed E-state index contributed by atoms with van der Waals surface area (Å²) in [4.78, 5) is 0. The molecule has 1 nitrogen and oxygen atoms in total. The molecule has 0 spiro atoms. The minimum Gasteiger partial charge on any atom is -0.230 e. The molecule has 38 valence electrons. The average molecular weight is 217 g/mol. The lowest BCUT2D eigenvalue weighted by molar-refractivity contribution is 1.62. The van der Waals surface area contributed by atoms with E-state index in [1.165, 1.54) is 0 Å². The summed E-state index contributed by atoms with van der Waals surface area (Å²) in [6.07, 6.45) is 3.75. The standard InChI is InChI=1S/C3H8INS/c1-6(2,5)3-4/h3H2,1-2H3. The quantitative estimate of drug-likeness (QED) is 0.449. The molecule has 0 N–H and O–H groups in total. The summed E-state index contributed by atoms with van der Waals surface area (Å²) < 4.78 is 9.78. The van der Waals surface area contributed by atoms with Crippen molar-refractivity contribution in [2.45, 2.75) is 0 Å². The molecular formula is C3H8INS. The van der Waals surface area contributed by atoms with Crippen LogP contribution in [0.5, 0.6) is 0 Å². The predicted octanol–water partition coefficient (Wildman–Crippen LogP) is 1.92. The smallest absolute Gasteiger partial charge is 0.0593 e. The van der Waals surface area contributed by atoms with Gasteiger partial charge in [-0.3, -0.25) is 0 Å². The number of hydrogen-bond donors (Lipinski definition) is 0. The fourth-order valence-electron chi connectivity index (χ4n) is 0. The fraction of sp³-hybridized carbons (Fsp3) is 1.00. The van der Waals surface area contributed by atoms with Crippen molar-refractivity contribution in [2.24, 2.45) is 0 Å². The van der Waals surface area contributed by atoms with Crippen LogP contribution in [0.1, 0.15) is 0 Å². The summed E-state index contributed by atoms with van der Waals surface area (Å²) in [7, 11) is -1.18. The van der Waals surface area contributed by atoms with Gasteiger partial charge < -0.3 is 0 Å². The summed E-state index contributed by atoms with van der Waals surface area (Å²) in [5.74, 6) is 0. The topological polar surface area (TPSA) is 23.8 Å². The molecule has 3 heteroatoms. The largest absolute Gasteiger partial charge is 0.230 e. The van der Waals surface area contributed by atoms with Gasteiger partial charge in [0.15, 0.2) is 0 Å². The molecule has 0 aliphatic heterocycles. The van der Waals surface area contributed by atoms with Crippen molar-refractivity contribution in [1.29, 1.82) is 4.61 Å². The van der Waals surface area contributed by atoms with Crippen LogP contribution in [0.15, 0.2) is 0 Å². The molecule has 0 atom stereocenters. The van der Waals surface area contributed by atoms with Gasteiger partial charge >= 0.3 is 0 Å². The van der Waals surface area contributed by atoms with E-state index in [-0.39, 0.29) is 0 Å². The zero-order valence-corrected chi connectivity index (χ0v) is 6.91. The van der Waals surface area contributed by atoms with E-state index >= 15 is 0 Å². The van der Waals surface area contributed by atoms with Gasteiger partial charge in [-0.1, -0.05) is 32.2 Å². The molecule has 0 aliphatic rings. The first-order valence-corrected chi connectivity index (χ1v) is 5.66. The van der Waals surface area contributed by atoms with Crippen molar-refractivity contribution < 1.29 is 0 Å². The lowest BCUT2D eigenvalue weighted by Gasteiger charge is -1.95. The number of nitrogens with zero attached hydrogens (tertiary/aromatic N) is 1. The van der Waals surface area contributed by atoms with E-state index in [4.69, 9.17) is 4.61 Å². The molecule has 0 heterocycles. The van der Waals surface area contributed by atoms with Gasteiger partial charge in [0.05, 0.1) is 3.76 Å². The molecule has 0 saturated carbocycles. The van der Waals surface area contributed by atoms with E-state index in [1.54, 1.807) is 0 Å². The molecule has 0 aromatic heterocycles. The van der Waals surface area contributed by atoms with Crippen LogP contribution in [-0.4, -0.2) is 16.3 Å². The predicted molar refractivity (Wildman–Crippen MR) is 40.1 cm³/mol. The lowest BCUT2D eigenvalue weighted by Crippen LogP contribution is -1.73. The van der Waals surface area contributed by atoms with Crippen molar-refractivity contribution in [1.82, 2.24) is 0 Å². The first-order valence-electron chi connectivity index (χ1n) is 1.56. The maximum Gasteiger partial charge on any atom is 0.0593 e. The molecule has 0 aliphatic carbocycles. The van der Waals surface area contributed by atoms with Gasteiger partial charge in [0.2, 0.25) is 0 Å². The number of hydrogen-bond acceptors (Lipinski definition) is 1. The Hall–Kier alpha value is 0.790. The highest BCUT2D eigenvalue weighted by atomic mass is 127. The second-order valence-electron chi connectivity index (χ2n) is 1.59.